The van der Waals surface area contributed by atoms with Gasteiger partial charge >= 0.3 is 0 Å². The molecule has 1 aromatic rings. The summed E-state index contributed by atoms with van der Waals surface area (Å²) in [5, 5.41) is 12.0. The number of carbonyl (C=O) groups is 2. The van der Waals surface area contributed by atoms with Crippen LogP contribution < -0.4 is 5.32 Å². The van der Waals surface area contributed by atoms with Crippen LogP contribution in [0.5, 0.6) is 5.75 Å². The van der Waals surface area contributed by atoms with Crippen molar-refractivity contribution in [2.24, 2.45) is 5.92 Å². The van der Waals surface area contributed by atoms with Crippen LogP contribution >= 0.6 is 0 Å². The molecule has 5 nitrogen and oxygen atoms in total. The zero-order valence-corrected chi connectivity index (χ0v) is 12.0. The average Bonchev–Trinajstić information content (AvgIpc) is 2.74. The standard InChI is InChI=1S/C15H20N2O3/c1-15(2,3)17-9-10(8-13(17)19)14(20)16-11-4-6-12(18)7-5-11/h4-7,10,18H,8-9H2,1-3H3,(H,16,20). The molecule has 20 heavy (non-hydrogen) atoms. The molecule has 0 spiro atoms. The fourth-order valence-electron chi connectivity index (χ4n) is 2.32. The maximum atomic E-state index is 12.2. The zero-order valence-electron chi connectivity index (χ0n) is 12.0. The fraction of sp³-hybridized carbons (Fsp3) is 0.467. The minimum Gasteiger partial charge on any atom is -0.508 e. The molecule has 1 aromatic carbocycles. The Morgan fingerprint density at radius 2 is 1.90 bits per heavy atom. The van der Waals surface area contributed by atoms with E-state index in [2.05, 4.69) is 5.32 Å². The van der Waals surface area contributed by atoms with Gasteiger partial charge in [0.2, 0.25) is 11.8 Å². The van der Waals surface area contributed by atoms with E-state index in [-0.39, 0.29) is 35.4 Å². The zero-order chi connectivity index (χ0) is 14.9. The van der Waals surface area contributed by atoms with Gasteiger partial charge in [0.15, 0.2) is 0 Å². The van der Waals surface area contributed by atoms with Crippen molar-refractivity contribution in [2.45, 2.75) is 32.7 Å². The van der Waals surface area contributed by atoms with E-state index in [0.717, 1.165) is 0 Å². The Bertz CT molecular complexity index is 517. The predicted molar refractivity (Wildman–Crippen MR) is 76.3 cm³/mol. The SMILES string of the molecule is CC(C)(C)N1CC(C(=O)Nc2ccc(O)cc2)CC1=O. The van der Waals surface area contributed by atoms with Gasteiger partial charge in [0.05, 0.1) is 5.92 Å². The molecule has 2 rings (SSSR count). The maximum absolute atomic E-state index is 12.2. The molecule has 5 heteroatoms. The van der Waals surface area contributed by atoms with Crippen molar-refractivity contribution in [3.05, 3.63) is 24.3 Å². The molecule has 1 fully saturated rings. The minimum absolute atomic E-state index is 0.0170. The second-order valence-corrected chi connectivity index (χ2v) is 6.11. The molecule has 1 aliphatic heterocycles. The van der Waals surface area contributed by atoms with Crippen molar-refractivity contribution in [2.75, 3.05) is 11.9 Å². The van der Waals surface area contributed by atoms with E-state index in [0.29, 0.717) is 12.2 Å². The smallest absolute Gasteiger partial charge is 0.229 e. The number of amides is 2. The summed E-state index contributed by atoms with van der Waals surface area (Å²) in [6, 6.07) is 6.28. The van der Waals surface area contributed by atoms with Crippen LogP contribution in [0.3, 0.4) is 0 Å². The largest absolute Gasteiger partial charge is 0.508 e. The van der Waals surface area contributed by atoms with Gasteiger partial charge < -0.3 is 15.3 Å². The lowest BCUT2D eigenvalue weighted by molar-refractivity contribution is -0.131. The van der Waals surface area contributed by atoms with Gasteiger partial charge in [-0.25, -0.2) is 0 Å². The molecule has 1 unspecified atom stereocenters. The Morgan fingerprint density at radius 3 is 2.40 bits per heavy atom. The summed E-state index contributed by atoms with van der Waals surface area (Å²) in [7, 11) is 0. The Balaban J connectivity index is 2.01. The van der Waals surface area contributed by atoms with Crippen molar-refractivity contribution < 1.29 is 14.7 Å². The average molecular weight is 276 g/mol. The van der Waals surface area contributed by atoms with Crippen molar-refractivity contribution >= 4 is 17.5 Å². The summed E-state index contributed by atoms with van der Waals surface area (Å²) in [4.78, 5) is 25.9. The summed E-state index contributed by atoms with van der Waals surface area (Å²) in [5.74, 6) is -0.312. The highest BCUT2D eigenvalue weighted by Gasteiger charge is 2.39. The number of hydrogen-bond acceptors (Lipinski definition) is 3. The fourth-order valence-corrected chi connectivity index (χ4v) is 2.32. The maximum Gasteiger partial charge on any atom is 0.229 e. The number of carbonyl (C=O) groups excluding carboxylic acids is 2. The number of aromatic hydroxyl groups is 1. The summed E-state index contributed by atoms with van der Waals surface area (Å²) in [6.45, 7) is 6.34. The normalized spacial score (nSPS) is 19.2. The molecule has 0 saturated carbocycles. The van der Waals surface area contributed by atoms with E-state index in [1.54, 1.807) is 17.0 Å². The third kappa shape index (κ3) is 3.10. The summed E-state index contributed by atoms with van der Waals surface area (Å²) < 4.78 is 0. The van der Waals surface area contributed by atoms with Crippen LogP contribution in [0.1, 0.15) is 27.2 Å². The predicted octanol–water partition coefficient (Wildman–Crippen LogP) is 1.98. The monoisotopic (exact) mass is 276 g/mol. The van der Waals surface area contributed by atoms with Crippen molar-refractivity contribution in [3.8, 4) is 5.75 Å². The lowest BCUT2D eigenvalue weighted by Crippen LogP contribution is -2.42. The van der Waals surface area contributed by atoms with E-state index < -0.39 is 0 Å². The molecule has 0 aromatic heterocycles. The van der Waals surface area contributed by atoms with Gasteiger partial charge in [-0.3, -0.25) is 9.59 Å². The van der Waals surface area contributed by atoms with E-state index in [4.69, 9.17) is 0 Å². The van der Waals surface area contributed by atoms with E-state index in [1.165, 1.54) is 12.1 Å². The van der Waals surface area contributed by atoms with Crippen LogP contribution in [-0.4, -0.2) is 33.9 Å². The van der Waals surface area contributed by atoms with Gasteiger partial charge in [-0.1, -0.05) is 0 Å². The molecule has 108 valence electrons. The highest BCUT2D eigenvalue weighted by atomic mass is 16.3. The first-order valence-corrected chi connectivity index (χ1v) is 6.68. The second kappa shape index (κ2) is 5.15. The Kier molecular flexibility index (Phi) is 3.70. The van der Waals surface area contributed by atoms with Crippen LogP contribution in [-0.2, 0) is 9.59 Å². The number of anilines is 1. The first kappa shape index (κ1) is 14.4. The third-order valence-corrected chi connectivity index (χ3v) is 3.44. The number of nitrogens with zero attached hydrogens (tertiary/aromatic N) is 1. The minimum atomic E-state index is -0.324. The summed E-state index contributed by atoms with van der Waals surface area (Å²) >= 11 is 0. The van der Waals surface area contributed by atoms with Crippen LogP contribution in [0.2, 0.25) is 0 Å². The molecule has 1 saturated heterocycles. The highest BCUT2D eigenvalue weighted by molar-refractivity contribution is 5.97. The number of benzene rings is 1. The Labute approximate surface area is 118 Å². The van der Waals surface area contributed by atoms with Crippen molar-refractivity contribution in [1.82, 2.24) is 4.90 Å². The molecular weight excluding hydrogens is 256 g/mol. The molecule has 0 radical (unpaired) electrons. The molecule has 1 aliphatic rings. The highest BCUT2D eigenvalue weighted by Crippen LogP contribution is 2.26. The van der Waals surface area contributed by atoms with E-state index in [1.807, 2.05) is 20.8 Å². The third-order valence-electron chi connectivity index (χ3n) is 3.44. The van der Waals surface area contributed by atoms with Crippen molar-refractivity contribution in [3.63, 3.8) is 0 Å². The topological polar surface area (TPSA) is 69.6 Å². The molecule has 2 N–H and O–H groups in total. The molecule has 0 bridgehead atoms. The first-order chi connectivity index (χ1) is 9.27. The molecule has 2 amide bonds. The number of hydrogen-bond donors (Lipinski definition) is 2. The lowest BCUT2D eigenvalue weighted by atomic mass is 10.1. The summed E-state index contributed by atoms with van der Waals surface area (Å²) in [5.41, 5.74) is 0.361. The molecule has 0 aliphatic carbocycles. The number of rotatable bonds is 2. The lowest BCUT2D eigenvalue weighted by Gasteiger charge is -2.31. The van der Waals surface area contributed by atoms with Crippen LogP contribution in [0.4, 0.5) is 5.69 Å². The number of nitrogens with one attached hydrogen (secondary N) is 1. The molecular formula is C15H20N2O3. The van der Waals surface area contributed by atoms with Gasteiger partial charge in [0, 0.05) is 24.2 Å². The number of likely N-dealkylation sites (tertiary alicyclic amines) is 1. The molecule has 1 heterocycles. The van der Waals surface area contributed by atoms with Gasteiger partial charge in [0.1, 0.15) is 5.75 Å². The van der Waals surface area contributed by atoms with E-state index >= 15 is 0 Å². The first-order valence-electron chi connectivity index (χ1n) is 6.68. The summed E-state index contributed by atoms with van der Waals surface area (Å²) in [6.07, 6.45) is 0.251. The van der Waals surface area contributed by atoms with Crippen LogP contribution in [0, 0.1) is 5.92 Å². The van der Waals surface area contributed by atoms with Gasteiger partial charge in [-0.05, 0) is 45.0 Å². The van der Waals surface area contributed by atoms with Gasteiger partial charge in [0.25, 0.3) is 0 Å². The van der Waals surface area contributed by atoms with Gasteiger partial charge in [-0.15, -0.1) is 0 Å². The second-order valence-electron chi connectivity index (χ2n) is 6.11. The van der Waals surface area contributed by atoms with E-state index in [9.17, 15) is 14.7 Å². The van der Waals surface area contributed by atoms with Crippen molar-refractivity contribution in [1.29, 1.82) is 0 Å². The number of phenolic OH excluding ortho intramolecular Hbond substituents is 1. The number of phenols is 1. The van der Waals surface area contributed by atoms with Crippen LogP contribution in [0.15, 0.2) is 24.3 Å². The quantitative estimate of drug-likeness (QED) is 0.811. The Hall–Kier alpha value is -2.04. The van der Waals surface area contributed by atoms with Crippen LogP contribution in [0.25, 0.3) is 0 Å². The molecule has 1 atom stereocenters. The van der Waals surface area contributed by atoms with Gasteiger partial charge in [-0.2, -0.15) is 0 Å². The Morgan fingerprint density at radius 1 is 1.30 bits per heavy atom.